The van der Waals surface area contributed by atoms with Crippen molar-refractivity contribution in [1.29, 1.82) is 0 Å². The molecule has 3 rings (SSSR count). The maximum atomic E-state index is 4.69. The molecule has 19 heavy (non-hydrogen) atoms. The van der Waals surface area contributed by atoms with Crippen molar-refractivity contribution in [3.8, 4) is 0 Å². The van der Waals surface area contributed by atoms with Gasteiger partial charge in [0, 0.05) is 41.5 Å². The lowest BCUT2D eigenvalue weighted by Gasteiger charge is -2.23. The lowest BCUT2D eigenvalue weighted by atomic mass is 9.99. The molecule has 1 aliphatic heterocycles. The first-order valence-corrected chi connectivity index (χ1v) is 7.84. The van der Waals surface area contributed by atoms with Crippen LogP contribution in [0.15, 0.2) is 18.3 Å². The molecule has 0 bridgehead atoms. The van der Waals surface area contributed by atoms with E-state index in [0.29, 0.717) is 5.92 Å². The van der Waals surface area contributed by atoms with Gasteiger partial charge < -0.3 is 9.88 Å². The summed E-state index contributed by atoms with van der Waals surface area (Å²) in [6, 6.07) is 4.41. The summed E-state index contributed by atoms with van der Waals surface area (Å²) in [7, 11) is 0. The van der Waals surface area contributed by atoms with E-state index in [1.165, 1.54) is 28.4 Å². The van der Waals surface area contributed by atoms with Crippen molar-refractivity contribution in [2.24, 2.45) is 0 Å². The summed E-state index contributed by atoms with van der Waals surface area (Å²) >= 11 is 1.88. The van der Waals surface area contributed by atoms with Gasteiger partial charge in [0.15, 0.2) is 0 Å². The van der Waals surface area contributed by atoms with Gasteiger partial charge in [0.05, 0.1) is 5.69 Å². The van der Waals surface area contributed by atoms with Gasteiger partial charge in [0.25, 0.3) is 0 Å². The molecule has 0 spiro atoms. The highest BCUT2D eigenvalue weighted by Gasteiger charge is 2.21. The van der Waals surface area contributed by atoms with E-state index >= 15 is 0 Å². The zero-order valence-electron chi connectivity index (χ0n) is 11.6. The number of rotatable bonds is 4. The normalized spacial score (nSPS) is 18.5. The minimum atomic E-state index is 0.573. The predicted molar refractivity (Wildman–Crippen MR) is 79.7 cm³/mol. The van der Waals surface area contributed by atoms with E-state index in [4.69, 9.17) is 0 Å². The molecule has 0 amide bonds. The standard InChI is InChI=1S/C15H21N3S/c1-11-10-18-7-3-4-13(15(18)17-11)8-16-9-14-6-5-12(2)19-14/h5-6,10,13,16H,3-4,7-9H2,1-2H3/t13-/m1/s1. The second kappa shape index (κ2) is 5.47. The lowest BCUT2D eigenvalue weighted by Crippen LogP contribution is -2.26. The van der Waals surface area contributed by atoms with Crippen LogP contribution < -0.4 is 5.32 Å². The SMILES string of the molecule is Cc1cn2c(n1)[C@@H](CNCc1ccc(C)s1)CCC2. The quantitative estimate of drug-likeness (QED) is 0.928. The van der Waals surface area contributed by atoms with E-state index in [9.17, 15) is 0 Å². The number of nitrogens with one attached hydrogen (secondary N) is 1. The van der Waals surface area contributed by atoms with Crippen LogP contribution in [0.1, 0.15) is 40.0 Å². The van der Waals surface area contributed by atoms with E-state index < -0.39 is 0 Å². The first-order chi connectivity index (χ1) is 9.22. The highest BCUT2D eigenvalue weighted by atomic mass is 32.1. The van der Waals surface area contributed by atoms with Crippen molar-refractivity contribution in [2.45, 2.75) is 45.7 Å². The van der Waals surface area contributed by atoms with E-state index in [0.717, 1.165) is 25.3 Å². The van der Waals surface area contributed by atoms with Gasteiger partial charge in [-0.15, -0.1) is 11.3 Å². The smallest absolute Gasteiger partial charge is 0.113 e. The Morgan fingerprint density at radius 2 is 2.32 bits per heavy atom. The van der Waals surface area contributed by atoms with Gasteiger partial charge in [-0.05, 0) is 38.8 Å². The maximum Gasteiger partial charge on any atom is 0.113 e. The molecule has 4 heteroatoms. The zero-order chi connectivity index (χ0) is 13.2. The van der Waals surface area contributed by atoms with Crippen LogP contribution in [0.2, 0.25) is 0 Å². The van der Waals surface area contributed by atoms with E-state index in [1.54, 1.807) is 0 Å². The molecule has 2 aromatic rings. The van der Waals surface area contributed by atoms with Gasteiger partial charge in [0.2, 0.25) is 0 Å². The monoisotopic (exact) mass is 275 g/mol. The van der Waals surface area contributed by atoms with E-state index in [2.05, 4.69) is 47.0 Å². The third-order valence-electron chi connectivity index (χ3n) is 3.73. The first-order valence-electron chi connectivity index (χ1n) is 7.02. The molecule has 3 heterocycles. The number of imidazole rings is 1. The third kappa shape index (κ3) is 2.90. The Balaban J connectivity index is 1.59. The molecule has 1 N–H and O–H groups in total. The molecular weight excluding hydrogens is 254 g/mol. The highest BCUT2D eigenvalue weighted by molar-refractivity contribution is 7.11. The number of nitrogens with zero attached hydrogens (tertiary/aromatic N) is 2. The molecule has 0 aromatic carbocycles. The second-order valence-electron chi connectivity index (χ2n) is 5.42. The van der Waals surface area contributed by atoms with Gasteiger partial charge in [-0.1, -0.05) is 0 Å². The number of aromatic nitrogens is 2. The van der Waals surface area contributed by atoms with Crippen LogP contribution in [0.25, 0.3) is 0 Å². The van der Waals surface area contributed by atoms with Gasteiger partial charge in [-0.3, -0.25) is 0 Å². The summed E-state index contributed by atoms with van der Waals surface area (Å²) in [5.74, 6) is 1.85. The van der Waals surface area contributed by atoms with Crippen molar-refractivity contribution >= 4 is 11.3 Å². The Morgan fingerprint density at radius 3 is 3.11 bits per heavy atom. The van der Waals surface area contributed by atoms with Crippen molar-refractivity contribution in [3.05, 3.63) is 39.6 Å². The Morgan fingerprint density at radius 1 is 1.42 bits per heavy atom. The number of thiophene rings is 1. The second-order valence-corrected chi connectivity index (χ2v) is 6.79. The molecular formula is C15H21N3S. The van der Waals surface area contributed by atoms with Crippen LogP contribution in [-0.4, -0.2) is 16.1 Å². The van der Waals surface area contributed by atoms with Crippen molar-refractivity contribution in [2.75, 3.05) is 6.54 Å². The number of fused-ring (bicyclic) bond motifs is 1. The maximum absolute atomic E-state index is 4.69. The van der Waals surface area contributed by atoms with Gasteiger partial charge in [-0.2, -0.15) is 0 Å². The van der Waals surface area contributed by atoms with Crippen LogP contribution in [0.4, 0.5) is 0 Å². The van der Waals surface area contributed by atoms with Gasteiger partial charge >= 0.3 is 0 Å². The summed E-state index contributed by atoms with van der Waals surface area (Å²) in [5, 5.41) is 3.59. The Kier molecular flexibility index (Phi) is 3.71. The van der Waals surface area contributed by atoms with Gasteiger partial charge in [-0.25, -0.2) is 4.98 Å². The molecule has 1 atom stereocenters. The summed E-state index contributed by atoms with van der Waals surface area (Å²) in [5.41, 5.74) is 1.15. The summed E-state index contributed by atoms with van der Waals surface area (Å²) in [6.07, 6.45) is 4.71. The van der Waals surface area contributed by atoms with Gasteiger partial charge in [0.1, 0.15) is 5.82 Å². The third-order valence-corrected chi connectivity index (χ3v) is 4.73. The fourth-order valence-electron chi connectivity index (χ4n) is 2.85. The molecule has 0 aliphatic carbocycles. The summed E-state index contributed by atoms with van der Waals surface area (Å²) in [6.45, 7) is 7.40. The highest BCUT2D eigenvalue weighted by Crippen LogP contribution is 2.26. The minimum Gasteiger partial charge on any atom is -0.334 e. The molecule has 0 saturated heterocycles. The minimum absolute atomic E-state index is 0.573. The molecule has 1 aliphatic rings. The average Bonchev–Trinajstić information content (AvgIpc) is 2.95. The fraction of sp³-hybridized carbons (Fsp3) is 0.533. The fourth-order valence-corrected chi connectivity index (χ4v) is 3.71. The lowest BCUT2D eigenvalue weighted by molar-refractivity contribution is 0.423. The number of hydrogen-bond donors (Lipinski definition) is 1. The van der Waals surface area contributed by atoms with Crippen LogP contribution in [0.3, 0.4) is 0 Å². The molecule has 3 nitrogen and oxygen atoms in total. The van der Waals surface area contributed by atoms with Crippen LogP contribution in [0, 0.1) is 13.8 Å². The molecule has 0 fully saturated rings. The topological polar surface area (TPSA) is 29.9 Å². The molecule has 2 aromatic heterocycles. The van der Waals surface area contributed by atoms with E-state index in [-0.39, 0.29) is 0 Å². The van der Waals surface area contributed by atoms with Crippen LogP contribution >= 0.6 is 11.3 Å². The summed E-state index contributed by atoms with van der Waals surface area (Å²) < 4.78 is 2.33. The Bertz CT molecular complexity index is 555. The average molecular weight is 275 g/mol. The Labute approximate surface area is 118 Å². The number of aryl methyl sites for hydroxylation is 3. The Hall–Kier alpha value is -1.13. The first kappa shape index (κ1) is 12.9. The largest absolute Gasteiger partial charge is 0.334 e. The van der Waals surface area contributed by atoms with Crippen molar-refractivity contribution < 1.29 is 0 Å². The van der Waals surface area contributed by atoms with Crippen LogP contribution in [0.5, 0.6) is 0 Å². The van der Waals surface area contributed by atoms with Crippen molar-refractivity contribution in [3.63, 3.8) is 0 Å². The van der Waals surface area contributed by atoms with E-state index in [1.807, 2.05) is 11.3 Å². The molecule has 102 valence electrons. The summed E-state index contributed by atoms with van der Waals surface area (Å²) in [4.78, 5) is 7.50. The number of hydrogen-bond acceptors (Lipinski definition) is 3. The predicted octanol–water partition coefficient (Wildman–Crippen LogP) is 3.23. The molecule has 0 unspecified atom stereocenters. The van der Waals surface area contributed by atoms with Crippen molar-refractivity contribution in [1.82, 2.24) is 14.9 Å². The van der Waals surface area contributed by atoms with Crippen LogP contribution in [-0.2, 0) is 13.1 Å². The zero-order valence-corrected chi connectivity index (χ0v) is 12.5. The molecule has 0 radical (unpaired) electrons. The molecule has 0 saturated carbocycles.